The Balaban J connectivity index is 2.36. The Bertz CT molecular complexity index is 628. The molecular weight excluding hydrogens is 275 g/mol. The summed E-state index contributed by atoms with van der Waals surface area (Å²) in [5.74, 6) is -0.282. The summed E-state index contributed by atoms with van der Waals surface area (Å²) in [5.41, 5.74) is 8.85. The molecule has 1 unspecified atom stereocenters. The van der Waals surface area contributed by atoms with E-state index in [4.69, 9.17) is 17.3 Å². The zero-order valence-electron chi connectivity index (χ0n) is 11.8. The molecule has 2 aromatic carbocycles. The van der Waals surface area contributed by atoms with Crippen molar-refractivity contribution in [2.24, 2.45) is 0 Å². The molecule has 0 amide bonds. The Morgan fingerprint density at radius 3 is 2.60 bits per heavy atom. The van der Waals surface area contributed by atoms with E-state index in [9.17, 15) is 4.39 Å². The van der Waals surface area contributed by atoms with E-state index in [1.54, 1.807) is 13.0 Å². The Morgan fingerprint density at radius 2 is 1.95 bits per heavy atom. The number of hydrogen-bond donors (Lipinski definition) is 1. The first-order chi connectivity index (χ1) is 9.40. The van der Waals surface area contributed by atoms with Crippen LogP contribution in [0.2, 0.25) is 5.02 Å². The highest BCUT2D eigenvalue weighted by Crippen LogP contribution is 2.32. The van der Waals surface area contributed by atoms with E-state index in [0.717, 1.165) is 11.3 Å². The summed E-state index contributed by atoms with van der Waals surface area (Å²) < 4.78 is 13.5. The van der Waals surface area contributed by atoms with Crippen LogP contribution in [-0.4, -0.2) is 7.05 Å². The number of nitrogen functional groups attached to an aromatic ring is 1. The molecule has 0 bridgehead atoms. The van der Waals surface area contributed by atoms with Gasteiger partial charge < -0.3 is 10.6 Å². The minimum absolute atomic E-state index is 0.0841. The van der Waals surface area contributed by atoms with Crippen LogP contribution in [0.3, 0.4) is 0 Å². The fourth-order valence-corrected chi connectivity index (χ4v) is 2.38. The largest absolute Gasteiger partial charge is 0.397 e. The Kier molecular flexibility index (Phi) is 4.19. The van der Waals surface area contributed by atoms with Gasteiger partial charge >= 0.3 is 0 Å². The van der Waals surface area contributed by atoms with Crippen molar-refractivity contribution in [3.8, 4) is 0 Å². The predicted octanol–water partition coefficient (Wildman–Crippen LogP) is 4.57. The molecule has 0 fully saturated rings. The van der Waals surface area contributed by atoms with Gasteiger partial charge in [-0.25, -0.2) is 4.39 Å². The highest BCUT2D eigenvalue weighted by Gasteiger charge is 2.16. The summed E-state index contributed by atoms with van der Waals surface area (Å²) in [6, 6.07) is 10.9. The summed E-state index contributed by atoms with van der Waals surface area (Å²) in [5, 5.41) is 0.700. The molecule has 2 rings (SSSR count). The second-order valence-electron chi connectivity index (χ2n) is 5.00. The molecule has 0 spiro atoms. The number of benzene rings is 2. The minimum atomic E-state index is -0.282. The van der Waals surface area contributed by atoms with Gasteiger partial charge in [-0.3, -0.25) is 0 Å². The Morgan fingerprint density at radius 1 is 1.25 bits per heavy atom. The smallest absolute Gasteiger partial charge is 0.128 e. The van der Waals surface area contributed by atoms with E-state index in [2.05, 4.69) is 6.92 Å². The van der Waals surface area contributed by atoms with Gasteiger partial charge in [-0.15, -0.1) is 0 Å². The molecule has 0 radical (unpaired) electrons. The lowest BCUT2D eigenvalue weighted by molar-refractivity contribution is 0.618. The van der Waals surface area contributed by atoms with Crippen LogP contribution in [0.4, 0.5) is 15.8 Å². The van der Waals surface area contributed by atoms with Crippen LogP contribution in [0.5, 0.6) is 0 Å². The third kappa shape index (κ3) is 2.88. The fourth-order valence-electron chi connectivity index (χ4n) is 2.19. The first-order valence-electron chi connectivity index (χ1n) is 6.44. The molecule has 2 aromatic rings. The van der Waals surface area contributed by atoms with Gasteiger partial charge in [-0.1, -0.05) is 23.7 Å². The SMILES string of the molecule is Cc1cc(N(C)C(C)c2cccc(Cl)c2)c(N)cc1F. The van der Waals surface area contributed by atoms with Crippen LogP contribution in [0.15, 0.2) is 36.4 Å². The maximum absolute atomic E-state index is 13.5. The topological polar surface area (TPSA) is 29.3 Å². The lowest BCUT2D eigenvalue weighted by Gasteiger charge is -2.29. The third-order valence-corrected chi connectivity index (χ3v) is 3.84. The van der Waals surface area contributed by atoms with Crippen LogP contribution in [-0.2, 0) is 0 Å². The van der Waals surface area contributed by atoms with Gasteiger partial charge in [0.15, 0.2) is 0 Å². The van der Waals surface area contributed by atoms with Crippen molar-refractivity contribution in [2.75, 3.05) is 17.7 Å². The van der Waals surface area contributed by atoms with E-state index in [1.807, 2.05) is 36.2 Å². The molecule has 0 aromatic heterocycles. The quantitative estimate of drug-likeness (QED) is 0.840. The van der Waals surface area contributed by atoms with Crippen LogP contribution >= 0.6 is 11.6 Å². The van der Waals surface area contributed by atoms with E-state index in [-0.39, 0.29) is 11.9 Å². The van der Waals surface area contributed by atoms with Crippen molar-refractivity contribution in [1.29, 1.82) is 0 Å². The molecule has 0 saturated carbocycles. The molecule has 0 heterocycles. The van der Waals surface area contributed by atoms with Crippen molar-refractivity contribution in [3.63, 3.8) is 0 Å². The van der Waals surface area contributed by atoms with Gasteiger partial charge in [0.05, 0.1) is 17.4 Å². The molecule has 0 aliphatic rings. The van der Waals surface area contributed by atoms with Crippen molar-refractivity contribution in [3.05, 3.63) is 58.4 Å². The first kappa shape index (κ1) is 14.7. The van der Waals surface area contributed by atoms with Crippen molar-refractivity contribution >= 4 is 23.0 Å². The van der Waals surface area contributed by atoms with Crippen LogP contribution in [0.25, 0.3) is 0 Å². The normalized spacial score (nSPS) is 12.2. The molecule has 1 atom stereocenters. The molecule has 0 aliphatic heterocycles. The number of aryl methyl sites for hydroxylation is 1. The van der Waals surface area contributed by atoms with Crippen LogP contribution < -0.4 is 10.6 Å². The predicted molar refractivity (Wildman–Crippen MR) is 83.8 cm³/mol. The maximum Gasteiger partial charge on any atom is 0.128 e. The second kappa shape index (κ2) is 5.71. The molecular formula is C16H18ClFN2. The Labute approximate surface area is 124 Å². The summed E-state index contributed by atoms with van der Waals surface area (Å²) in [7, 11) is 1.94. The lowest BCUT2D eigenvalue weighted by Crippen LogP contribution is -2.23. The lowest BCUT2D eigenvalue weighted by atomic mass is 10.1. The molecule has 2 N–H and O–H groups in total. The summed E-state index contributed by atoms with van der Waals surface area (Å²) >= 11 is 6.02. The molecule has 4 heteroatoms. The average molecular weight is 293 g/mol. The molecule has 0 aliphatic carbocycles. The van der Waals surface area contributed by atoms with Crippen LogP contribution in [0, 0.1) is 12.7 Å². The summed E-state index contributed by atoms with van der Waals surface area (Å²) in [6.45, 7) is 3.79. The summed E-state index contributed by atoms with van der Waals surface area (Å²) in [4.78, 5) is 2.02. The minimum Gasteiger partial charge on any atom is -0.397 e. The zero-order valence-corrected chi connectivity index (χ0v) is 12.6. The van der Waals surface area contributed by atoms with Crippen molar-refractivity contribution in [1.82, 2.24) is 0 Å². The van der Waals surface area contributed by atoms with Gasteiger partial charge in [-0.05, 0) is 49.2 Å². The Hall–Kier alpha value is -1.74. The zero-order chi connectivity index (χ0) is 14.9. The molecule has 20 heavy (non-hydrogen) atoms. The van der Waals surface area contributed by atoms with Gasteiger partial charge in [0.2, 0.25) is 0 Å². The second-order valence-corrected chi connectivity index (χ2v) is 5.44. The maximum atomic E-state index is 13.5. The van der Waals surface area contributed by atoms with Gasteiger partial charge in [-0.2, -0.15) is 0 Å². The highest BCUT2D eigenvalue weighted by molar-refractivity contribution is 6.30. The molecule has 106 valence electrons. The monoisotopic (exact) mass is 292 g/mol. The third-order valence-electron chi connectivity index (χ3n) is 3.60. The number of rotatable bonds is 3. The molecule has 2 nitrogen and oxygen atoms in total. The van der Waals surface area contributed by atoms with Gasteiger partial charge in [0.1, 0.15) is 5.82 Å². The number of halogens is 2. The van der Waals surface area contributed by atoms with Gasteiger partial charge in [0, 0.05) is 12.1 Å². The number of anilines is 2. The highest BCUT2D eigenvalue weighted by atomic mass is 35.5. The van der Waals surface area contributed by atoms with Crippen molar-refractivity contribution in [2.45, 2.75) is 19.9 Å². The first-order valence-corrected chi connectivity index (χ1v) is 6.82. The van der Waals surface area contributed by atoms with E-state index >= 15 is 0 Å². The molecule has 0 saturated heterocycles. The van der Waals surface area contributed by atoms with Crippen LogP contribution in [0.1, 0.15) is 24.1 Å². The van der Waals surface area contributed by atoms with Crippen molar-refractivity contribution < 1.29 is 4.39 Å². The fraction of sp³-hybridized carbons (Fsp3) is 0.250. The van der Waals surface area contributed by atoms with E-state index in [0.29, 0.717) is 16.3 Å². The van der Waals surface area contributed by atoms with E-state index < -0.39 is 0 Å². The number of nitrogens with zero attached hydrogens (tertiary/aromatic N) is 1. The summed E-state index contributed by atoms with van der Waals surface area (Å²) in [6.07, 6.45) is 0. The standard InChI is InChI=1S/C16H18ClFN2/c1-10-7-16(15(19)9-14(10)18)20(3)11(2)12-5-4-6-13(17)8-12/h4-9,11H,19H2,1-3H3. The van der Waals surface area contributed by atoms with E-state index in [1.165, 1.54) is 6.07 Å². The number of nitrogens with two attached hydrogens (primary N) is 1. The average Bonchev–Trinajstić information content (AvgIpc) is 2.41. The van der Waals surface area contributed by atoms with Gasteiger partial charge in [0.25, 0.3) is 0 Å². The number of hydrogen-bond acceptors (Lipinski definition) is 2.